The number of benzene rings is 1. The Morgan fingerprint density at radius 2 is 2.35 bits per heavy atom. The summed E-state index contributed by atoms with van der Waals surface area (Å²) >= 11 is 0. The monoisotopic (exact) mass is 236 g/mol. The second kappa shape index (κ2) is 6.65. The summed E-state index contributed by atoms with van der Waals surface area (Å²) in [6.45, 7) is 4.66. The largest absolute Gasteiger partial charge is 0.493 e. The van der Waals surface area contributed by atoms with Crippen LogP contribution in [0.2, 0.25) is 0 Å². The predicted octanol–water partition coefficient (Wildman–Crippen LogP) is 2.27. The summed E-state index contributed by atoms with van der Waals surface area (Å²) in [6, 6.07) is 4.61. The first kappa shape index (κ1) is 13.2. The van der Waals surface area contributed by atoms with Crippen LogP contribution in [0.4, 0.5) is 5.69 Å². The molecular weight excluding hydrogens is 220 g/mol. The molecule has 1 aromatic rings. The summed E-state index contributed by atoms with van der Waals surface area (Å²) in [5.74, 6) is 0.673. The summed E-state index contributed by atoms with van der Waals surface area (Å²) in [7, 11) is 1.78. The third-order valence-electron chi connectivity index (χ3n) is 2.20. The molecule has 1 rings (SSSR count). The highest BCUT2D eigenvalue weighted by Gasteiger charge is 2.10. The molecule has 0 fully saturated rings. The van der Waals surface area contributed by atoms with Crippen molar-refractivity contribution in [2.75, 3.05) is 13.7 Å². The van der Waals surface area contributed by atoms with Crippen molar-refractivity contribution >= 4 is 5.69 Å². The number of nitrogens with one attached hydrogen (secondary N) is 1. The Labute approximate surface area is 100 Å². The van der Waals surface area contributed by atoms with Crippen LogP contribution >= 0.6 is 0 Å². The van der Waals surface area contributed by atoms with Crippen molar-refractivity contribution in [3.63, 3.8) is 0 Å². The van der Waals surface area contributed by atoms with Crippen molar-refractivity contribution in [3.8, 4) is 5.75 Å². The fourth-order valence-electron chi connectivity index (χ4n) is 1.40. The molecule has 5 heteroatoms. The molecule has 0 unspecified atom stereocenters. The van der Waals surface area contributed by atoms with Crippen LogP contribution in [-0.2, 0) is 6.54 Å². The normalized spacial score (nSPS) is 9.94. The molecule has 0 saturated carbocycles. The van der Waals surface area contributed by atoms with Crippen molar-refractivity contribution in [1.29, 1.82) is 0 Å². The van der Waals surface area contributed by atoms with E-state index in [0.29, 0.717) is 18.9 Å². The topological polar surface area (TPSA) is 64.4 Å². The Bertz CT molecular complexity index is 405. The van der Waals surface area contributed by atoms with Crippen molar-refractivity contribution in [3.05, 3.63) is 46.5 Å². The Balaban J connectivity index is 2.87. The van der Waals surface area contributed by atoms with Gasteiger partial charge in [0.1, 0.15) is 5.75 Å². The highest BCUT2D eigenvalue weighted by molar-refractivity contribution is 5.43. The lowest BCUT2D eigenvalue weighted by molar-refractivity contribution is -0.384. The van der Waals surface area contributed by atoms with E-state index in [-0.39, 0.29) is 5.69 Å². The minimum absolute atomic E-state index is 0.0753. The molecule has 0 bridgehead atoms. The van der Waals surface area contributed by atoms with Crippen LogP contribution < -0.4 is 10.1 Å². The second-order valence-corrected chi connectivity index (χ2v) is 3.51. The number of rotatable bonds is 7. The molecule has 0 heterocycles. The van der Waals surface area contributed by atoms with Crippen molar-refractivity contribution in [2.45, 2.75) is 13.0 Å². The van der Waals surface area contributed by atoms with Gasteiger partial charge in [-0.25, -0.2) is 0 Å². The van der Waals surface area contributed by atoms with Gasteiger partial charge in [0.25, 0.3) is 5.69 Å². The Morgan fingerprint density at radius 1 is 1.59 bits per heavy atom. The molecule has 0 aromatic heterocycles. The minimum Gasteiger partial charge on any atom is -0.493 e. The number of hydrogen-bond donors (Lipinski definition) is 1. The standard InChI is InChI=1S/C12H16N2O3/c1-3-4-7-17-12-6-5-11(14(15)16)8-10(12)9-13-2/h3,5-6,8,13H,1,4,7,9H2,2H3. The zero-order valence-corrected chi connectivity index (χ0v) is 9.81. The van der Waals surface area contributed by atoms with Crippen LogP contribution in [0, 0.1) is 10.1 Å². The number of nitro groups is 1. The molecule has 5 nitrogen and oxygen atoms in total. The fraction of sp³-hybridized carbons (Fsp3) is 0.333. The summed E-state index contributed by atoms with van der Waals surface area (Å²) in [5.41, 5.74) is 0.858. The van der Waals surface area contributed by atoms with E-state index in [1.807, 2.05) is 0 Å². The maximum Gasteiger partial charge on any atom is 0.270 e. The summed E-state index contributed by atoms with van der Waals surface area (Å²) in [5, 5.41) is 13.6. The molecule has 0 atom stereocenters. The minimum atomic E-state index is -0.410. The SMILES string of the molecule is C=CCCOc1ccc([N+](=O)[O-])cc1CNC. The highest BCUT2D eigenvalue weighted by Crippen LogP contribution is 2.24. The number of ether oxygens (including phenoxy) is 1. The molecule has 92 valence electrons. The maximum atomic E-state index is 10.7. The van der Waals surface area contributed by atoms with Crippen LogP contribution in [0.25, 0.3) is 0 Å². The smallest absolute Gasteiger partial charge is 0.270 e. The van der Waals surface area contributed by atoms with Gasteiger partial charge in [-0.05, 0) is 19.5 Å². The van der Waals surface area contributed by atoms with Gasteiger partial charge in [0.05, 0.1) is 11.5 Å². The van der Waals surface area contributed by atoms with Crippen LogP contribution in [0.3, 0.4) is 0 Å². The van der Waals surface area contributed by atoms with E-state index in [2.05, 4.69) is 11.9 Å². The summed E-state index contributed by atoms with van der Waals surface area (Å²) < 4.78 is 5.53. The first-order valence-corrected chi connectivity index (χ1v) is 5.34. The number of nitro benzene ring substituents is 1. The van der Waals surface area contributed by atoms with E-state index >= 15 is 0 Å². The van der Waals surface area contributed by atoms with E-state index in [1.165, 1.54) is 12.1 Å². The molecule has 0 saturated heterocycles. The van der Waals surface area contributed by atoms with Gasteiger partial charge in [-0.1, -0.05) is 6.08 Å². The second-order valence-electron chi connectivity index (χ2n) is 3.51. The Hall–Kier alpha value is -1.88. The van der Waals surface area contributed by atoms with Gasteiger partial charge in [-0.15, -0.1) is 6.58 Å². The molecular formula is C12H16N2O3. The summed E-state index contributed by atoms with van der Waals surface area (Å²) in [6.07, 6.45) is 2.51. The van der Waals surface area contributed by atoms with E-state index < -0.39 is 4.92 Å². The van der Waals surface area contributed by atoms with Crippen LogP contribution in [-0.4, -0.2) is 18.6 Å². The lowest BCUT2D eigenvalue weighted by Crippen LogP contribution is -2.08. The third-order valence-corrected chi connectivity index (χ3v) is 2.20. The van der Waals surface area contributed by atoms with E-state index in [9.17, 15) is 10.1 Å². The van der Waals surface area contributed by atoms with Gasteiger partial charge >= 0.3 is 0 Å². The molecule has 0 amide bonds. The number of non-ortho nitro benzene ring substituents is 1. The fourth-order valence-corrected chi connectivity index (χ4v) is 1.40. The van der Waals surface area contributed by atoms with Crippen molar-refractivity contribution < 1.29 is 9.66 Å². The van der Waals surface area contributed by atoms with Crippen LogP contribution in [0.15, 0.2) is 30.9 Å². The predicted molar refractivity (Wildman–Crippen MR) is 66.2 cm³/mol. The van der Waals surface area contributed by atoms with Crippen molar-refractivity contribution in [2.24, 2.45) is 0 Å². The molecule has 0 aliphatic heterocycles. The number of hydrogen-bond acceptors (Lipinski definition) is 4. The molecule has 0 spiro atoms. The van der Waals surface area contributed by atoms with Gasteiger partial charge in [0, 0.05) is 24.2 Å². The first-order chi connectivity index (χ1) is 8.19. The van der Waals surface area contributed by atoms with E-state index in [1.54, 1.807) is 19.2 Å². The average molecular weight is 236 g/mol. The van der Waals surface area contributed by atoms with E-state index in [0.717, 1.165) is 12.0 Å². The average Bonchev–Trinajstić information content (AvgIpc) is 2.31. The molecule has 0 aliphatic rings. The van der Waals surface area contributed by atoms with Gasteiger partial charge in [-0.2, -0.15) is 0 Å². The molecule has 0 aliphatic carbocycles. The quantitative estimate of drug-likeness (QED) is 0.341. The molecule has 17 heavy (non-hydrogen) atoms. The Kier molecular flexibility index (Phi) is 5.16. The lowest BCUT2D eigenvalue weighted by Gasteiger charge is -2.10. The molecule has 1 aromatic carbocycles. The maximum absolute atomic E-state index is 10.7. The van der Waals surface area contributed by atoms with Gasteiger partial charge < -0.3 is 10.1 Å². The van der Waals surface area contributed by atoms with Gasteiger partial charge in [0.15, 0.2) is 0 Å². The van der Waals surface area contributed by atoms with Crippen molar-refractivity contribution in [1.82, 2.24) is 5.32 Å². The highest BCUT2D eigenvalue weighted by atomic mass is 16.6. The molecule has 0 radical (unpaired) electrons. The zero-order chi connectivity index (χ0) is 12.7. The lowest BCUT2D eigenvalue weighted by atomic mass is 10.1. The van der Waals surface area contributed by atoms with Crippen LogP contribution in [0.5, 0.6) is 5.75 Å². The zero-order valence-electron chi connectivity index (χ0n) is 9.81. The Morgan fingerprint density at radius 3 is 2.94 bits per heavy atom. The molecule has 1 N–H and O–H groups in total. The van der Waals surface area contributed by atoms with Gasteiger partial charge in [0.2, 0.25) is 0 Å². The number of nitrogens with zero attached hydrogens (tertiary/aromatic N) is 1. The van der Waals surface area contributed by atoms with Gasteiger partial charge in [-0.3, -0.25) is 10.1 Å². The summed E-state index contributed by atoms with van der Waals surface area (Å²) in [4.78, 5) is 10.3. The first-order valence-electron chi connectivity index (χ1n) is 5.34. The van der Waals surface area contributed by atoms with Crippen LogP contribution in [0.1, 0.15) is 12.0 Å². The van der Waals surface area contributed by atoms with E-state index in [4.69, 9.17) is 4.74 Å². The third kappa shape index (κ3) is 3.88.